The minimum atomic E-state index is -0.490. The molecule has 0 aromatic heterocycles. The van der Waals surface area contributed by atoms with Crippen LogP contribution in [0.1, 0.15) is 18.9 Å². The molecule has 5 heteroatoms. The largest absolute Gasteiger partial charge is 0.465 e. The Kier molecular flexibility index (Phi) is 4.70. The first-order valence-corrected chi connectivity index (χ1v) is 5.02. The Morgan fingerprint density at radius 2 is 2.29 bits per heavy atom. The molecule has 0 aliphatic rings. The summed E-state index contributed by atoms with van der Waals surface area (Å²) in [5.74, 6) is 4.88. The maximum Gasteiger partial charge on any atom is 0.317 e. The van der Waals surface area contributed by atoms with Crippen LogP contribution in [0.25, 0.3) is 0 Å². The van der Waals surface area contributed by atoms with Crippen molar-refractivity contribution in [2.45, 2.75) is 13.3 Å². The molecule has 0 bridgehead atoms. The molecule has 5 nitrogen and oxygen atoms in total. The zero-order valence-electron chi connectivity index (χ0n) is 9.30. The first-order valence-electron chi connectivity index (χ1n) is 5.02. The Bertz CT molecular complexity index is 485. The first kappa shape index (κ1) is 12.7. The van der Waals surface area contributed by atoms with Crippen LogP contribution in [0.2, 0.25) is 0 Å². The Morgan fingerprint density at radius 1 is 1.53 bits per heavy atom. The number of benzene rings is 1. The lowest BCUT2D eigenvalue weighted by molar-refractivity contribution is -0.384. The van der Waals surface area contributed by atoms with E-state index in [0.29, 0.717) is 12.2 Å². The molecule has 0 saturated heterocycles. The zero-order valence-corrected chi connectivity index (χ0v) is 9.30. The van der Waals surface area contributed by atoms with Crippen molar-refractivity contribution in [3.63, 3.8) is 0 Å². The van der Waals surface area contributed by atoms with Gasteiger partial charge in [0.05, 0.1) is 11.5 Å². The lowest BCUT2D eigenvalue weighted by Gasteiger charge is -1.95. The fraction of sp³-hybridized carbons (Fsp3) is 0.250. The predicted octanol–water partition coefficient (Wildman–Crippen LogP) is 1.90. The van der Waals surface area contributed by atoms with Gasteiger partial charge in [-0.3, -0.25) is 14.9 Å². The van der Waals surface area contributed by atoms with Crippen molar-refractivity contribution in [2.75, 3.05) is 6.61 Å². The summed E-state index contributed by atoms with van der Waals surface area (Å²) in [5, 5.41) is 10.5. The van der Waals surface area contributed by atoms with Crippen LogP contribution in [-0.4, -0.2) is 17.5 Å². The molecule has 88 valence electrons. The van der Waals surface area contributed by atoms with E-state index in [1.165, 1.54) is 12.1 Å². The number of ether oxygens (including phenoxy) is 1. The van der Waals surface area contributed by atoms with Gasteiger partial charge in [0.2, 0.25) is 0 Å². The van der Waals surface area contributed by atoms with Crippen molar-refractivity contribution >= 4 is 11.7 Å². The molecule has 0 N–H and O–H groups in total. The summed E-state index contributed by atoms with van der Waals surface area (Å²) in [4.78, 5) is 21.0. The van der Waals surface area contributed by atoms with Crippen LogP contribution in [-0.2, 0) is 9.53 Å². The molecule has 0 fully saturated rings. The van der Waals surface area contributed by atoms with Gasteiger partial charge in [0.15, 0.2) is 0 Å². The molecule has 1 aromatic carbocycles. The molecule has 0 saturated carbocycles. The van der Waals surface area contributed by atoms with E-state index < -0.39 is 10.9 Å². The Labute approximate surface area is 98.5 Å². The third kappa shape index (κ3) is 4.34. The van der Waals surface area contributed by atoms with Crippen LogP contribution in [0.5, 0.6) is 0 Å². The molecular weight excluding hydrogens is 222 g/mol. The quantitative estimate of drug-likeness (QED) is 0.346. The molecule has 0 unspecified atom stereocenters. The topological polar surface area (TPSA) is 69.4 Å². The Balaban J connectivity index is 2.69. The number of nitro groups is 1. The van der Waals surface area contributed by atoms with Gasteiger partial charge in [-0.1, -0.05) is 17.9 Å². The van der Waals surface area contributed by atoms with Crippen LogP contribution in [0.15, 0.2) is 24.3 Å². The SMILES string of the molecule is CCOC(=O)CC#Cc1cccc([N+](=O)[O-])c1. The highest BCUT2D eigenvalue weighted by Crippen LogP contribution is 2.11. The van der Waals surface area contributed by atoms with Gasteiger partial charge in [0.25, 0.3) is 5.69 Å². The van der Waals surface area contributed by atoms with Gasteiger partial charge < -0.3 is 4.74 Å². The summed E-state index contributed by atoms with van der Waals surface area (Å²) in [5.41, 5.74) is 0.483. The normalized spacial score (nSPS) is 9.00. The minimum absolute atomic E-state index is 0.0173. The van der Waals surface area contributed by atoms with E-state index in [1.54, 1.807) is 19.1 Å². The van der Waals surface area contributed by atoms with E-state index in [0.717, 1.165) is 0 Å². The van der Waals surface area contributed by atoms with Crippen molar-refractivity contribution in [3.05, 3.63) is 39.9 Å². The van der Waals surface area contributed by atoms with Gasteiger partial charge >= 0.3 is 5.97 Å². The van der Waals surface area contributed by atoms with Crippen molar-refractivity contribution in [3.8, 4) is 11.8 Å². The molecule has 1 aromatic rings. The first-order chi connectivity index (χ1) is 8.13. The second kappa shape index (κ2) is 6.28. The van der Waals surface area contributed by atoms with Crippen molar-refractivity contribution in [1.29, 1.82) is 0 Å². The van der Waals surface area contributed by atoms with Crippen LogP contribution in [0, 0.1) is 22.0 Å². The third-order valence-corrected chi connectivity index (χ3v) is 1.83. The lowest BCUT2D eigenvalue weighted by atomic mass is 10.2. The number of rotatable bonds is 3. The van der Waals surface area contributed by atoms with E-state index >= 15 is 0 Å². The van der Waals surface area contributed by atoms with Crippen molar-refractivity contribution in [1.82, 2.24) is 0 Å². The van der Waals surface area contributed by atoms with Crippen LogP contribution >= 0.6 is 0 Å². The van der Waals surface area contributed by atoms with Crippen LogP contribution < -0.4 is 0 Å². The van der Waals surface area contributed by atoms with E-state index in [2.05, 4.69) is 11.8 Å². The summed E-state index contributed by atoms with van der Waals surface area (Å²) in [6.07, 6.45) is -0.0173. The highest BCUT2D eigenvalue weighted by molar-refractivity contribution is 5.72. The summed E-state index contributed by atoms with van der Waals surface area (Å²) < 4.78 is 4.69. The van der Waals surface area contributed by atoms with E-state index in [-0.39, 0.29) is 12.1 Å². The molecule has 17 heavy (non-hydrogen) atoms. The second-order valence-electron chi connectivity index (χ2n) is 3.09. The molecule has 0 spiro atoms. The predicted molar refractivity (Wildman–Crippen MR) is 61.2 cm³/mol. The van der Waals surface area contributed by atoms with E-state index in [4.69, 9.17) is 4.74 Å². The van der Waals surface area contributed by atoms with Crippen LogP contribution in [0.4, 0.5) is 5.69 Å². The standard InChI is InChI=1S/C12H11NO4/c1-2-17-12(14)8-4-6-10-5-3-7-11(9-10)13(15)16/h3,5,7,9H,2,8H2,1H3. The zero-order chi connectivity index (χ0) is 12.7. The maximum absolute atomic E-state index is 11.0. The highest BCUT2D eigenvalue weighted by atomic mass is 16.6. The minimum Gasteiger partial charge on any atom is -0.465 e. The number of carbonyl (C=O) groups excluding carboxylic acids is 1. The average molecular weight is 233 g/mol. The molecule has 0 aliphatic heterocycles. The molecule has 0 radical (unpaired) electrons. The van der Waals surface area contributed by atoms with Crippen molar-refractivity contribution < 1.29 is 14.5 Å². The fourth-order valence-electron chi connectivity index (χ4n) is 1.13. The van der Waals surface area contributed by atoms with Gasteiger partial charge in [-0.2, -0.15) is 0 Å². The van der Waals surface area contributed by atoms with Gasteiger partial charge in [-0.15, -0.1) is 0 Å². The Hall–Kier alpha value is -2.35. The highest BCUT2D eigenvalue weighted by Gasteiger charge is 2.03. The second-order valence-corrected chi connectivity index (χ2v) is 3.09. The number of carbonyl (C=O) groups is 1. The number of nitrogens with zero attached hydrogens (tertiary/aromatic N) is 1. The summed E-state index contributed by atoms with van der Waals surface area (Å²) >= 11 is 0. The van der Waals surface area contributed by atoms with Gasteiger partial charge in [-0.05, 0) is 13.0 Å². The van der Waals surface area contributed by atoms with Crippen molar-refractivity contribution in [2.24, 2.45) is 0 Å². The van der Waals surface area contributed by atoms with Crippen LogP contribution in [0.3, 0.4) is 0 Å². The molecular formula is C12H11NO4. The molecule has 0 aliphatic carbocycles. The third-order valence-electron chi connectivity index (χ3n) is 1.83. The summed E-state index contributed by atoms with van der Waals surface area (Å²) in [7, 11) is 0. The molecule has 0 heterocycles. The summed E-state index contributed by atoms with van der Waals surface area (Å²) in [6, 6.07) is 5.94. The average Bonchev–Trinajstić information content (AvgIpc) is 2.30. The maximum atomic E-state index is 11.0. The van der Waals surface area contributed by atoms with Gasteiger partial charge in [0, 0.05) is 17.7 Å². The van der Waals surface area contributed by atoms with E-state index in [1.807, 2.05) is 0 Å². The Morgan fingerprint density at radius 3 is 2.94 bits per heavy atom. The molecule has 0 amide bonds. The molecule has 1 rings (SSSR count). The monoisotopic (exact) mass is 233 g/mol. The molecule has 0 atom stereocenters. The van der Waals surface area contributed by atoms with Gasteiger partial charge in [-0.25, -0.2) is 0 Å². The number of hydrogen-bond acceptors (Lipinski definition) is 4. The number of nitro benzene ring substituents is 1. The van der Waals surface area contributed by atoms with Gasteiger partial charge in [0.1, 0.15) is 6.42 Å². The smallest absolute Gasteiger partial charge is 0.317 e. The lowest BCUT2D eigenvalue weighted by Crippen LogP contribution is -2.01. The number of esters is 1. The number of non-ortho nitro benzene ring substituents is 1. The van der Waals surface area contributed by atoms with E-state index in [9.17, 15) is 14.9 Å². The number of hydrogen-bond donors (Lipinski definition) is 0. The fourth-order valence-corrected chi connectivity index (χ4v) is 1.13. The summed E-state index contributed by atoms with van der Waals surface area (Å²) in [6.45, 7) is 2.03.